The van der Waals surface area contributed by atoms with E-state index in [4.69, 9.17) is 8.97 Å². The third-order valence-electron chi connectivity index (χ3n) is 1.95. The van der Waals surface area contributed by atoms with Crippen molar-refractivity contribution in [2.45, 2.75) is 25.7 Å². The Kier molecular flexibility index (Phi) is 4.16. The van der Waals surface area contributed by atoms with Crippen LogP contribution < -0.4 is 0 Å². The van der Waals surface area contributed by atoms with Crippen LogP contribution in [0, 0.1) is 0 Å². The SMILES string of the molecule is O=S(=O)(O)CCCCCc1ccoc1. The van der Waals surface area contributed by atoms with Crippen molar-refractivity contribution in [1.29, 1.82) is 0 Å². The number of rotatable bonds is 6. The maximum atomic E-state index is 10.4. The quantitative estimate of drug-likeness (QED) is 0.584. The van der Waals surface area contributed by atoms with Gasteiger partial charge < -0.3 is 4.42 Å². The van der Waals surface area contributed by atoms with Gasteiger partial charge in [0.2, 0.25) is 0 Å². The van der Waals surface area contributed by atoms with Crippen LogP contribution in [-0.4, -0.2) is 18.7 Å². The molecule has 0 aliphatic carbocycles. The highest BCUT2D eigenvalue weighted by Crippen LogP contribution is 2.07. The summed E-state index contributed by atoms with van der Waals surface area (Å²) in [7, 11) is -3.78. The second-order valence-electron chi connectivity index (χ2n) is 3.23. The molecule has 14 heavy (non-hydrogen) atoms. The second-order valence-corrected chi connectivity index (χ2v) is 4.80. The molecule has 1 aromatic rings. The Morgan fingerprint density at radius 3 is 2.64 bits per heavy atom. The van der Waals surface area contributed by atoms with Gasteiger partial charge in [0.15, 0.2) is 0 Å². The number of aryl methyl sites for hydroxylation is 1. The normalized spacial score (nSPS) is 11.8. The van der Waals surface area contributed by atoms with E-state index in [0.717, 1.165) is 24.8 Å². The van der Waals surface area contributed by atoms with Gasteiger partial charge in [0, 0.05) is 0 Å². The number of hydrogen-bond acceptors (Lipinski definition) is 3. The maximum Gasteiger partial charge on any atom is 0.264 e. The minimum atomic E-state index is -3.78. The van der Waals surface area contributed by atoms with Crippen LogP contribution in [0.15, 0.2) is 23.0 Å². The van der Waals surface area contributed by atoms with Gasteiger partial charge in [-0.1, -0.05) is 6.42 Å². The van der Waals surface area contributed by atoms with Crippen LogP contribution in [0.3, 0.4) is 0 Å². The molecule has 0 spiro atoms. The van der Waals surface area contributed by atoms with E-state index in [9.17, 15) is 8.42 Å². The van der Waals surface area contributed by atoms with Gasteiger partial charge in [0.05, 0.1) is 18.3 Å². The van der Waals surface area contributed by atoms with E-state index in [2.05, 4.69) is 0 Å². The van der Waals surface area contributed by atoms with Crippen molar-refractivity contribution in [2.75, 3.05) is 5.75 Å². The molecule has 4 nitrogen and oxygen atoms in total. The molecule has 0 atom stereocenters. The molecule has 0 aromatic carbocycles. The molecule has 1 N–H and O–H groups in total. The van der Waals surface area contributed by atoms with Gasteiger partial charge >= 0.3 is 0 Å². The Labute approximate surface area is 83.7 Å². The molecule has 0 fully saturated rings. The minimum Gasteiger partial charge on any atom is -0.472 e. The Hall–Kier alpha value is -0.810. The molecule has 0 bridgehead atoms. The fraction of sp³-hybridized carbons (Fsp3) is 0.556. The fourth-order valence-electron chi connectivity index (χ4n) is 1.23. The molecule has 0 aliphatic rings. The lowest BCUT2D eigenvalue weighted by Gasteiger charge is -1.97. The second kappa shape index (κ2) is 5.17. The van der Waals surface area contributed by atoms with Crippen LogP contribution in [0.2, 0.25) is 0 Å². The lowest BCUT2D eigenvalue weighted by Crippen LogP contribution is -2.03. The van der Waals surface area contributed by atoms with E-state index in [1.807, 2.05) is 6.07 Å². The Balaban J connectivity index is 2.06. The van der Waals surface area contributed by atoms with Crippen LogP contribution >= 0.6 is 0 Å². The molecule has 0 unspecified atom stereocenters. The zero-order chi connectivity index (χ0) is 10.4. The van der Waals surface area contributed by atoms with Gasteiger partial charge in [0.1, 0.15) is 0 Å². The summed E-state index contributed by atoms with van der Waals surface area (Å²) in [5.41, 5.74) is 1.12. The molecule has 1 aromatic heterocycles. The summed E-state index contributed by atoms with van der Waals surface area (Å²) < 4.78 is 34.1. The van der Waals surface area contributed by atoms with Crippen molar-refractivity contribution in [3.63, 3.8) is 0 Å². The van der Waals surface area contributed by atoms with E-state index >= 15 is 0 Å². The highest BCUT2D eigenvalue weighted by atomic mass is 32.2. The lowest BCUT2D eigenvalue weighted by atomic mass is 10.1. The van der Waals surface area contributed by atoms with Crippen LogP contribution in [-0.2, 0) is 16.5 Å². The zero-order valence-corrected chi connectivity index (χ0v) is 8.66. The summed E-state index contributed by atoms with van der Waals surface area (Å²) in [5.74, 6) is -0.140. The summed E-state index contributed by atoms with van der Waals surface area (Å²) in [6.07, 6.45) is 6.41. The Morgan fingerprint density at radius 2 is 2.07 bits per heavy atom. The summed E-state index contributed by atoms with van der Waals surface area (Å²) >= 11 is 0. The third-order valence-corrected chi connectivity index (χ3v) is 2.75. The molecule has 0 saturated carbocycles. The predicted molar refractivity (Wildman–Crippen MR) is 52.7 cm³/mol. The van der Waals surface area contributed by atoms with Gasteiger partial charge in [-0.2, -0.15) is 8.42 Å². The third kappa shape index (κ3) is 5.04. The Morgan fingerprint density at radius 1 is 1.29 bits per heavy atom. The fourth-order valence-corrected chi connectivity index (χ4v) is 1.79. The number of hydrogen-bond donors (Lipinski definition) is 1. The maximum absolute atomic E-state index is 10.4. The molecule has 0 amide bonds. The largest absolute Gasteiger partial charge is 0.472 e. The number of furan rings is 1. The molecule has 0 aliphatic heterocycles. The van der Waals surface area contributed by atoms with Gasteiger partial charge in [-0.3, -0.25) is 4.55 Å². The van der Waals surface area contributed by atoms with E-state index in [1.165, 1.54) is 0 Å². The van der Waals surface area contributed by atoms with E-state index in [1.54, 1.807) is 12.5 Å². The van der Waals surface area contributed by atoms with E-state index in [-0.39, 0.29) is 5.75 Å². The smallest absolute Gasteiger partial charge is 0.264 e. The first-order valence-corrected chi connectivity index (χ1v) is 6.15. The van der Waals surface area contributed by atoms with Gasteiger partial charge in [-0.05, 0) is 30.9 Å². The monoisotopic (exact) mass is 218 g/mol. The first-order chi connectivity index (χ1) is 6.58. The first kappa shape index (κ1) is 11.3. The van der Waals surface area contributed by atoms with Crippen LogP contribution in [0.4, 0.5) is 0 Å². The van der Waals surface area contributed by atoms with Crippen molar-refractivity contribution >= 4 is 10.1 Å². The molecule has 80 valence electrons. The molecular weight excluding hydrogens is 204 g/mol. The topological polar surface area (TPSA) is 67.5 Å². The highest BCUT2D eigenvalue weighted by Gasteiger charge is 2.03. The van der Waals surface area contributed by atoms with E-state index < -0.39 is 10.1 Å². The summed E-state index contributed by atoms with van der Waals surface area (Å²) in [6, 6.07) is 1.89. The summed E-state index contributed by atoms with van der Waals surface area (Å²) in [4.78, 5) is 0. The van der Waals surface area contributed by atoms with Crippen molar-refractivity contribution in [2.24, 2.45) is 0 Å². The average Bonchev–Trinajstić information content (AvgIpc) is 2.54. The standard InChI is InChI=1S/C9H14O4S/c10-14(11,12)7-3-1-2-4-9-5-6-13-8-9/h5-6,8H,1-4,7H2,(H,10,11,12). The predicted octanol–water partition coefficient (Wildman–Crippen LogP) is 1.88. The van der Waals surface area contributed by atoms with E-state index in [0.29, 0.717) is 6.42 Å². The van der Waals surface area contributed by atoms with Crippen molar-refractivity contribution in [3.8, 4) is 0 Å². The minimum absolute atomic E-state index is 0.140. The Bertz CT molecular complexity index is 339. The lowest BCUT2D eigenvalue weighted by molar-refractivity contribution is 0.479. The van der Waals surface area contributed by atoms with Crippen molar-refractivity contribution in [1.82, 2.24) is 0 Å². The van der Waals surface area contributed by atoms with Gasteiger partial charge in [-0.15, -0.1) is 0 Å². The highest BCUT2D eigenvalue weighted by molar-refractivity contribution is 7.85. The van der Waals surface area contributed by atoms with Crippen molar-refractivity contribution < 1.29 is 17.4 Å². The molecular formula is C9H14O4S. The molecule has 5 heteroatoms. The molecule has 1 rings (SSSR count). The molecule has 0 radical (unpaired) electrons. The van der Waals surface area contributed by atoms with Crippen LogP contribution in [0.5, 0.6) is 0 Å². The number of unbranched alkanes of at least 4 members (excludes halogenated alkanes) is 2. The van der Waals surface area contributed by atoms with Gasteiger partial charge in [0.25, 0.3) is 10.1 Å². The molecule has 0 saturated heterocycles. The van der Waals surface area contributed by atoms with Crippen LogP contribution in [0.25, 0.3) is 0 Å². The van der Waals surface area contributed by atoms with Gasteiger partial charge in [-0.25, -0.2) is 0 Å². The summed E-state index contributed by atoms with van der Waals surface area (Å²) in [6.45, 7) is 0. The zero-order valence-electron chi connectivity index (χ0n) is 7.85. The first-order valence-electron chi connectivity index (χ1n) is 4.54. The summed E-state index contributed by atoms with van der Waals surface area (Å²) in [5, 5.41) is 0. The van der Waals surface area contributed by atoms with Crippen LogP contribution in [0.1, 0.15) is 24.8 Å². The van der Waals surface area contributed by atoms with Crippen molar-refractivity contribution in [3.05, 3.63) is 24.2 Å². The molecule has 1 heterocycles. The average molecular weight is 218 g/mol.